The van der Waals surface area contributed by atoms with Gasteiger partial charge in [-0.2, -0.15) is 0 Å². The molecular weight excluding hydrogens is 953 g/mol. The summed E-state index contributed by atoms with van der Waals surface area (Å²) in [7, 11) is 0.0385. The summed E-state index contributed by atoms with van der Waals surface area (Å²) in [5.74, 6) is 6.34. The van der Waals surface area contributed by atoms with Gasteiger partial charge in [0.25, 0.3) is 0 Å². The van der Waals surface area contributed by atoms with Crippen LogP contribution >= 0.6 is 0 Å². The van der Waals surface area contributed by atoms with Crippen molar-refractivity contribution in [1.29, 1.82) is 0 Å². The van der Waals surface area contributed by atoms with Crippen molar-refractivity contribution in [2.45, 2.75) is 149 Å². The summed E-state index contributed by atoms with van der Waals surface area (Å²) in [6.45, 7) is 25.1. The number of nitrogens with zero attached hydrogens (tertiary/aromatic N) is 5. The van der Waals surface area contributed by atoms with Gasteiger partial charge in [0.05, 0.1) is 50.0 Å². The first-order chi connectivity index (χ1) is 34.7. The first kappa shape index (κ1) is 56.8. The van der Waals surface area contributed by atoms with Gasteiger partial charge >= 0.3 is 12.1 Å². The zero-order chi connectivity index (χ0) is 53.0. The maximum atomic E-state index is 14.3. The van der Waals surface area contributed by atoms with E-state index in [2.05, 4.69) is 89.8 Å². The Labute approximate surface area is 436 Å². The number of benzene rings is 2. The predicted octanol–water partition coefficient (Wildman–Crippen LogP) is 11.0. The van der Waals surface area contributed by atoms with E-state index in [1.165, 1.54) is 14.2 Å². The largest absolute Gasteiger partial charge is 0.469 e. The van der Waals surface area contributed by atoms with Gasteiger partial charge in [0.15, 0.2) is 0 Å². The van der Waals surface area contributed by atoms with E-state index in [1.807, 2.05) is 80.1 Å². The van der Waals surface area contributed by atoms with Crippen molar-refractivity contribution < 1.29 is 38.1 Å². The molecular formula is C57H82N6O8Si2. The third kappa shape index (κ3) is 15.5. The lowest BCUT2D eigenvalue weighted by molar-refractivity contribution is -0.150. The highest BCUT2D eigenvalue weighted by atomic mass is 28.3. The molecule has 1 N–H and O–H groups in total. The number of carbonyl (C=O) groups is 4. The Hall–Kier alpha value is -5.48. The molecule has 2 aliphatic rings. The molecule has 4 atom stereocenters. The lowest BCUT2D eigenvalue weighted by Crippen LogP contribution is -2.51. The Morgan fingerprint density at radius 2 is 1.26 bits per heavy atom. The van der Waals surface area contributed by atoms with Crippen LogP contribution in [0.5, 0.6) is 0 Å². The van der Waals surface area contributed by atoms with E-state index in [0.717, 1.165) is 89.4 Å². The summed E-state index contributed by atoms with van der Waals surface area (Å²) >= 11 is 0. The Bertz CT molecular complexity index is 2550. The van der Waals surface area contributed by atoms with Crippen molar-refractivity contribution in [3.8, 4) is 34.4 Å². The standard InChI is InChI=1S/C57H82N6O8Si2/c1-40(2)46(36-52(64)68-5)55(65)62-30-14-13-16-51(62)54-58-47(37-60(54)38-70-32-34-72(7,8)9)44-24-20-42(21-25-44)18-19-43-22-26-45(27-23-43)48-28-29-50(63(48)39-71-33-35-73(10,11)12)49-17-15-31-61(49)56(66)53(41(3)4)59-57(67)69-6/h20-29,37,40-41,46,49,51,53H,13-17,30-36,38-39H2,1-12H3,(H,59,67)/t46-,49-,51-,53-/m0/s1. The molecule has 0 unspecified atom stereocenters. The molecule has 16 heteroatoms. The lowest BCUT2D eigenvalue weighted by atomic mass is 9.89. The molecule has 2 aliphatic heterocycles. The number of methoxy groups -OCH3 is 2. The number of amides is 3. The molecule has 2 aromatic carbocycles. The van der Waals surface area contributed by atoms with Crippen LogP contribution in [0.25, 0.3) is 22.5 Å². The van der Waals surface area contributed by atoms with Crippen molar-refractivity contribution in [2.24, 2.45) is 17.8 Å². The van der Waals surface area contributed by atoms with Crippen LogP contribution in [-0.4, -0.2) is 111 Å². The fourth-order valence-electron chi connectivity index (χ4n) is 9.54. The SMILES string of the molecule is COC(=O)C[C@H](C(=O)N1CCCC[C@H]1c1nc(-c2ccc(C#Cc3ccc(-c4ccc([C@@H]5CCCN5C(=O)[C@@H](NC(=O)OC)C(C)C)n4COCC[Si](C)(C)C)cc3)cc2)cn1COCC[Si](C)(C)C)C(C)C. The summed E-state index contributed by atoms with van der Waals surface area (Å²) in [5.41, 5.74) is 6.49. The molecule has 6 rings (SSSR count). The average Bonchev–Trinajstić information content (AvgIpc) is 4.13. The van der Waals surface area contributed by atoms with Crippen LogP contribution in [0.15, 0.2) is 66.9 Å². The van der Waals surface area contributed by atoms with Crippen LogP contribution in [0.2, 0.25) is 51.4 Å². The van der Waals surface area contributed by atoms with Gasteiger partial charge in [-0.15, -0.1) is 0 Å². The molecule has 396 valence electrons. The molecule has 2 aromatic heterocycles. The number of alkyl carbamates (subject to hydrolysis) is 1. The molecule has 0 saturated carbocycles. The fourth-order valence-corrected chi connectivity index (χ4v) is 11.1. The highest BCUT2D eigenvalue weighted by molar-refractivity contribution is 6.76. The molecule has 0 bridgehead atoms. The second-order valence-electron chi connectivity index (χ2n) is 22.8. The molecule has 2 fully saturated rings. The van der Waals surface area contributed by atoms with Crippen LogP contribution in [0, 0.1) is 29.6 Å². The molecule has 4 aromatic rings. The van der Waals surface area contributed by atoms with Crippen molar-refractivity contribution >= 4 is 40.0 Å². The number of hydrogen-bond acceptors (Lipinski definition) is 9. The third-order valence-corrected chi connectivity index (χ3v) is 17.5. The Kier molecular flexibility index (Phi) is 20.0. The Balaban J connectivity index is 1.22. The molecule has 0 radical (unpaired) electrons. The van der Waals surface area contributed by atoms with Gasteiger partial charge in [0, 0.05) is 71.0 Å². The summed E-state index contributed by atoms with van der Waals surface area (Å²) in [6, 6.07) is 21.5. The first-order valence-electron chi connectivity index (χ1n) is 26.3. The van der Waals surface area contributed by atoms with Crippen molar-refractivity contribution in [3.63, 3.8) is 0 Å². The Morgan fingerprint density at radius 1 is 0.685 bits per heavy atom. The van der Waals surface area contributed by atoms with Crippen LogP contribution in [-0.2, 0) is 46.8 Å². The van der Waals surface area contributed by atoms with Gasteiger partial charge in [-0.1, -0.05) is 103 Å². The molecule has 3 amide bonds. The predicted molar refractivity (Wildman–Crippen MR) is 293 cm³/mol. The molecule has 2 saturated heterocycles. The lowest BCUT2D eigenvalue weighted by Gasteiger charge is -2.38. The number of aromatic nitrogens is 3. The van der Waals surface area contributed by atoms with Crippen LogP contribution in [0.3, 0.4) is 0 Å². The number of nitrogens with one attached hydrogen (secondary N) is 1. The maximum Gasteiger partial charge on any atom is 0.407 e. The minimum atomic E-state index is -1.33. The second kappa shape index (κ2) is 25.6. The van der Waals surface area contributed by atoms with E-state index >= 15 is 0 Å². The van der Waals surface area contributed by atoms with E-state index in [0.29, 0.717) is 39.8 Å². The normalized spacial score (nSPS) is 17.1. The average molecular weight is 1040 g/mol. The zero-order valence-corrected chi connectivity index (χ0v) is 47.7. The van der Waals surface area contributed by atoms with Gasteiger partial charge in [-0.05, 0) is 98.0 Å². The van der Waals surface area contributed by atoms with Crippen LogP contribution in [0.1, 0.15) is 101 Å². The minimum absolute atomic E-state index is 0.0322. The van der Waals surface area contributed by atoms with Crippen LogP contribution in [0.4, 0.5) is 4.79 Å². The van der Waals surface area contributed by atoms with E-state index in [-0.39, 0.29) is 48.1 Å². The highest BCUT2D eigenvalue weighted by Gasteiger charge is 2.39. The summed E-state index contributed by atoms with van der Waals surface area (Å²) in [5, 5.41) is 2.77. The third-order valence-electron chi connectivity index (χ3n) is 14.1. The molecule has 4 heterocycles. The Morgan fingerprint density at radius 3 is 1.84 bits per heavy atom. The number of rotatable bonds is 21. The zero-order valence-electron chi connectivity index (χ0n) is 45.7. The topological polar surface area (TPSA) is 146 Å². The van der Waals surface area contributed by atoms with E-state index in [1.54, 1.807) is 0 Å². The van der Waals surface area contributed by atoms with E-state index in [4.69, 9.17) is 23.9 Å². The molecule has 14 nitrogen and oxygen atoms in total. The second-order valence-corrected chi connectivity index (χ2v) is 34.1. The van der Waals surface area contributed by atoms with Crippen molar-refractivity contribution in [3.05, 3.63) is 89.5 Å². The first-order valence-corrected chi connectivity index (χ1v) is 33.8. The quantitative estimate of drug-likeness (QED) is 0.0373. The summed E-state index contributed by atoms with van der Waals surface area (Å²) in [4.78, 5) is 62.1. The minimum Gasteiger partial charge on any atom is -0.469 e. The summed E-state index contributed by atoms with van der Waals surface area (Å²) in [6.07, 6.45) is 5.77. The molecule has 0 aliphatic carbocycles. The maximum absolute atomic E-state index is 14.3. The van der Waals surface area contributed by atoms with E-state index < -0.39 is 34.2 Å². The number of imidazole rings is 1. The van der Waals surface area contributed by atoms with Gasteiger partial charge < -0.3 is 43.2 Å². The van der Waals surface area contributed by atoms with Gasteiger partial charge in [-0.3, -0.25) is 14.4 Å². The number of likely N-dealkylation sites (tertiary alicyclic amines) is 2. The smallest absolute Gasteiger partial charge is 0.407 e. The monoisotopic (exact) mass is 1030 g/mol. The number of ether oxygens (including phenoxy) is 4. The molecule has 0 spiro atoms. The van der Waals surface area contributed by atoms with Gasteiger partial charge in [0.2, 0.25) is 11.8 Å². The number of carbonyl (C=O) groups excluding carboxylic acids is 4. The number of piperidine rings is 1. The van der Waals surface area contributed by atoms with Gasteiger partial charge in [-0.25, -0.2) is 9.78 Å². The highest BCUT2D eigenvalue weighted by Crippen LogP contribution is 2.38. The van der Waals surface area contributed by atoms with E-state index in [9.17, 15) is 19.2 Å². The van der Waals surface area contributed by atoms with Crippen molar-refractivity contribution in [2.75, 3.05) is 40.5 Å². The number of esters is 1. The van der Waals surface area contributed by atoms with Gasteiger partial charge in [0.1, 0.15) is 25.3 Å². The van der Waals surface area contributed by atoms with Crippen LogP contribution < -0.4 is 5.32 Å². The summed E-state index contributed by atoms with van der Waals surface area (Å²) < 4.78 is 26.8. The number of hydrogen-bond donors (Lipinski definition) is 1. The van der Waals surface area contributed by atoms with Crippen molar-refractivity contribution in [1.82, 2.24) is 29.2 Å². The fraction of sp³-hybridized carbons (Fsp3) is 0.561. The molecule has 73 heavy (non-hydrogen) atoms.